The minimum atomic E-state index is 0.108. The Morgan fingerprint density at radius 3 is 2.69 bits per heavy atom. The van der Waals surface area contributed by atoms with E-state index in [1.54, 1.807) is 0 Å². The summed E-state index contributed by atoms with van der Waals surface area (Å²) in [6, 6.07) is 6.45. The Hall–Kier alpha value is -1.84. The van der Waals surface area contributed by atoms with E-state index in [9.17, 15) is 9.59 Å². The third-order valence-electron chi connectivity index (χ3n) is 5.85. The number of carbonyl (C=O) groups is 2. The fourth-order valence-electron chi connectivity index (χ4n) is 3.84. The summed E-state index contributed by atoms with van der Waals surface area (Å²) in [6.07, 6.45) is 7.60. The van der Waals surface area contributed by atoms with Gasteiger partial charge in [-0.3, -0.25) is 9.59 Å². The molecule has 1 atom stereocenters. The van der Waals surface area contributed by atoms with Crippen LogP contribution in [0.3, 0.4) is 0 Å². The SMILES string of the molecule is CCCCCC(C)C(=O)N1CCc2cc(C(=O)N(C)C3CC3)ccc2C1. The number of unbranched alkanes of at least 4 members (excludes halogenated alkanes) is 2. The first kappa shape index (κ1) is 18.9. The maximum atomic E-state index is 12.7. The summed E-state index contributed by atoms with van der Waals surface area (Å²) in [5.41, 5.74) is 3.20. The highest BCUT2D eigenvalue weighted by Gasteiger charge is 2.31. The average Bonchev–Trinajstić information content (AvgIpc) is 3.50. The van der Waals surface area contributed by atoms with Crippen molar-refractivity contribution in [3.05, 3.63) is 34.9 Å². The lowest BCUT2D eigenvalue weighted by molar-refractivity contribution is -0.136. The van der Waals surface area contributed by atoms with E-state index in [1.165, 1.54) is 24.0 Å². The third kappa shape index (κ3) is 4.28. The van der Waals surface area contributed by atoms with Crippen LogP contribution in [0.5, 0.6) is 0 Å². The van der Waals surface area contributed by atoms with Gasteiger partial charge in [0.2, 0.25) is 5.91 Å². The van der Waals surface area contributed by atoms with Crippen LogP contribution in [0, 0.1) is 5.92 Å². The van der Waals surface area contributed by atoms with Crippen molar-refractivity contribution in [3.63, 3.8) is 0 Å². The molecule has 3 rings (SSSR count). The number of amides is 2. The molecule has 4 heteroatoms. The van der Waals surface area contributed by atoms with Gasteiger partial charge in [0.25, 0.3) is 5.91 Å². The number of hydrogen-bond acceptors (Lipinski definition) is 2. The molecular formula is C22H32N2O2. The highest BCUT2D eigenvalue weighted by atomic mass is 16.2. The minimum absolute atomic E-state index is 0.108. The van der Waals surface area contributed by atoms with Crippen LogP contribution in [0.4, 0.5) is 0 Å². The molecule has 0 aromatic heterocycles. The quantitative estimate of drug-likeness (QED) is 0.692. The van der Waals surface area contributed by atoms with Gasteiger partial charge in [-0.25, -0.2) is 0 Å². The Kier molecular flexibility index (Phi) is 6.00. The Labute approximate surface area is 157 Å². The molecule has 0 saturated heterocycles. The van der Waals surface area contributed by atoms with Crippen molar-refractivity contribution in [2.75, 3.05) is 13.6 Å². The van der Waals surface area contributed by atoms with Crippen LogP contribution in [-0.2, 0) is 17.8 Å². The normalized spacial score (nSPS) is 17.6. The Morgan fingerprint density at radius 2 is 2.00 bits per heavy atom. The Morgan fingerprint density at radius 1 is 1.23 bits per heavy atom. The maximum Gasteiger partial charge on any atom is 0.253 e. The van der Waals surface area contributed by atoms with Crippen molar-refractivity contribution in [1.82, 2.24) is 9.80 Å². The second-order valence-corrected chi connectivity index (χ2v) is 8.04. The van der Waals surface area contributed by atoms with Gasteiger partial charge in [-0.1, -0.05) is 39.2 Å². The molecule has 0 spiro atoms. The van der Waals surface area contributed by atoms with Gasteiger partial charge >= 0.3 is 0 Å². The number of rotatable bonds is 7. The van der Waals surface area contributed by atoms with Gasteiger partial charge < -0.3 is 9.80 Å². The summed E-state index contributed by atoms with van der Waals surface area (Å²) in [4.78, 5) is 29.1. The fraction of sp³-hybridized carbons (Fsp3) is 0.636. The van der Waals surface area contributed by atoms with E-state index in [-0.39, 0.29) is 17.7 Å². The zero-order valence-corrected chi connectivity index (χ0v) is 16.5. The predicted octanol–water partition coefficient (Wildman–Crippen LogP) is 4.02. The van der Waals surface area contributed by atoms with Gasteiger partial charge in [0.15, 0.2) is 0 Å². The number of fused-ring (bicyclic) bond motifs is 1. The van der Waals surface area contributed by atoms with E-state index in [0.717, 1.165) is 44.2 Å². The summed E-state index contributed by atoms with van der Waals surface area (Å²) >= 11 is 0. The van der Waals surface area contributed by atoms with Gasteiger partial charge in [-0.2, -0.15) is 0 Å². The fourth-order valence-corrected chi connectivity index (χ4v) is 3.84. The topological polar surface area (TPSA) is 40.6 Å². The van der Waals surface area contributed by atoms with E-state index in [0.29, 0.717) is 12.6 Å². The molecule has 1 unspecified atom stereocenters. The van der Waals surface area contributed by atoms with Crippen LogP contribution in [0.1, 0.15) is 73.9 Å². The van der Waals surface area contributed by atoms with Crippen molar-refractivity contribution >= 4 is 11.8 Å². The van der Waals surface area contributed by atoms with Crippen molar-refractivity contribution < 1.29 is 9.59 Å². The summed E-state index contributed by atoms with van der Waals surface area (Å²) < 4.78 is 0. The molecule has 0 bridgehead atoms. The molecule has 142 valence electrons. The second-order valence-electron chi connectivity index (χ2n) is 8.04. The Bertz CT molecular complexity index is 666. The molecule has 2 amide bonds. The van der Waals surface area contributed by atoms with Crippen LogP contribution in [0.25, 0.3) is 0 Å². The van der Waals surface area contributed by atoms with E-state index in [1.807, 2.05) is 35.0 Å². The number of hydrogen-bond donors (Lipinski definition) is 0. The molecule has 1 aliphatic carbocycles. The molecule has 1 aliphatic heterocycles. The first-order valence-electron chi connectivity index (χ1n) is 10.2. The van der Waals surface area contributed by atoms with Crippen LogP contribution in [0.2, 0.25) is 0 Å². The summed E-state index contributed by atoms with van der Waals surface area (Å²) in [5, 5.41) is 0. The zero-order chi connectivity index (χ0) is 18.7. The van der Waals surface area contributed by atoms with E-state index in [4.69, 9.17) is 0 Å². The molecule has 1 aromatic carbocycles. The molecule has 1 fully saturated rings. The van der Waals surface area contributed by atoms with Gasteiger partial charge in [0, 0.05) is 37.7 Å². The molecule has 26 heavy (non-hydrogen) atoms. The van der Waals surface area contributed by atoms with Crippen LogP contribution < -0.4 is 0 Å². The monoisotopic (exact) mass is 356 g/mol. The molecule has 1 saturated carbocycles. The summed E-state index contributed by atoms with van der Waals surface area (Å²) in [7, 11) is 1.90. The second kappa shape index (κ2) is 8.24. The van der Waals surface area contributed by atoms with E-state index >= 15 is 0 Å². The van der Waals surface area contributed by atoms with Crippen molar-refractivity contribution in [2.24, 2.45) is 5.92 Å². The van der Waals surface area contributed by atoms with Crippen LogP contribution in [0.15, 0.2) is 18.2 Å². The highest BCUT2D eigenvalue weighted by Crippen LogP contribution is 2.28. The smallest absolute Gasteiger partial charge is 0.253 e. The largest absolute Gasteiger partial charge is 0.339 e. The first-order chi connectivity index (χ1) is 12.5. The minimum Gasteiger partial charge on any atom is -0.339 e. The third-order valence-corrected chi connectivity index (χ3v) is 5.85. The zero-order valence-electron chi connectivity index (χ0n) is 16.5. The van der Waals surface area contributed by atoms with Gasteiger partial charge in [0.1, 0.15) is 0 Å². The average molecular weight is 357 g/mol. The van der Waals surface area contributed by atoms with Crippen molar-refractivity contribution in [3.8, 4) is 0 Å². The van der Waals surface area contributed by atoms with E-state index < -0.39 is 0 Å². The lowest BCUT2D eigenvalue weighted by atomic mass is 9.95. The van der Waals surface area contributed by atoms with Gasteiger partial charge in [0.05, 0.1) is 0 Å². The number of carbonyl (C=O) groups excluding carboxylic acids is 2. The molecule has 0 radical (unpaired) electrons. The lowest BCUT2D eigenvalue weighted by Crippen LogP contribution is -2.39. The van der Waals surface area contributed by atoms with Crippen LogP contribution in [-0.4, -0.2) is 41.2 Å². The Balaban J connectivity index is 1.62. The molecular weight excluding hydrogens is 324 g/mol. The molecule has 4 nitrogen and oxygen atoms in total. The van der Waals surface area contributed by atoms with Crippen molar-refractivity contribution in [1.29, 1.82) is 0 Å². The predicted molar refractivity (Wildman–Crippen MR) is 104 cm³/mol. The maximum absolute atomic E-state index is 12.7. The molecule has 1 heterocycles. The van der Waals surface area contributed by atoms with Gasteiger partial charge in [-0.15, -0.1) is 0 Å². The molecule has 2 aliphatic rings. The molecule has 0 N–H and O–H groups in total. The number of benzene rings is 1. The highest BCUT2D eigenvalue weighted by molar-refractivity contribution is 5.94. The standard InChI is InChI=1S/C22H32N2O2/c1-4-5-6-7-16(2)21(25)24-13-12-17-14-18(8-9-19(17)15-24)22(26)23(3)20-10-11-20/h8-9,14,16,20H,4-7,10-13,15H2,1-3H3. The van der Waals surface area contributed by atoms with E-state index in [2.05, 4.69) is 13.8 Å². The van der Waals surface area contributed by atoms with Crippen molar-refractivity contribution in [2.45, 2.75) is 71.4 Å². The van der Waals surface area contributed by atoms with Gasteiger partial charge in [-0.05, 0) is 48.9 Å². The molecule has 1 aromatic rings. The summed E-state index contributed by atoms with van der Waals surface area (Å²) in [5.74, 6) is 0.509. The lowest BCUT2D eigenvalue weighted by Gasteiger charge is -2.31. The van der Waals surface area contributed by atoms with Crippen LogP contribution >= 0.6 is 0 Å². The summed E-state index contributed by atoms with van der Waals surface area (Å²) in [6.45, 7) is 5.69. The first-order valence-corrected chi connectivity index (χ1v) is 10.2. The number of nitrogens with zero attached hydrogens (tertiary/aromatic N) is 2.